The summed E-state index contributed by atoms with van der Waals surface area (Å²) >= 11 is 6.35. The van der Waals surface area contributed by atoms with Gasteiger partial charge in [-0.15, -0.1) is 0 Å². The number of oxazole rings is 1. The van der Waals surface area contributed by atoms with Crippen molar-refractivity contribution < 1.29 is 23.4 Å². The number of rotatable bonds is 7. The maximum Gasteiger partial charge on any atom is 0.203 e. The standard InChI is InChI=1S/C21H22ClNO5/c1-6-27-16-8-7-13(9-15(16)22)20-19(23-12(2)28-20)14-10-17(24-3)21(26-5)18(11-14)25-4/h7-11H,6H2,1-5H3. The van der Waals surface area contributed by atoms with Crippen LogP contribution in [0, 0.1) is 6.92 Å². The monoisotopic (exact) mass is 403 g/mol. The van der Waals surface area contributed by atoms with Crippen LogP contribution in [0.1, 0.15) is 12.8 Å². The van der Waals surface area contributed by atoms with Crippen LogP contribution in [0.15, 0.2) is 34.7 Å². The summed E-state index contributed by atoms with van der Waals surface area (Å²) in [5.74, 6) is 3.33. The molecule has 0 radical (unpaired) electrons. The molecule has 0 atom stereocenters. The topological polar surface area (TPSA) is 63.0 Å². The van der Waals surface area contributed by atoms with Crippen molar-refractivity contribution in [3.05, 3.63) is 41.2 Å². The highest BCUT2D eigenvalue weighted by atomic mass is 35.5. The first kappa shape index (κ1) is 19.9. The van der Waals surface area contributed by atoms with E-state index in [0.29, 0.717) is 52.0 Å². The summed E-state index contributed by atoms with van der Waals surface area (Å²) in [5.41, 5.74) is 2.21. The predicted molar refractivity (Wildman–Crippen MR) is 108 cm³/mol. The molecule has 2 aromatic carbocycles. The Balaban J connectivity index is 2.14. The fourth-order valence-corrected chi connectivity index (χ4v) is 3.19. The van der Waals surface area contributed by atoms with E-state index >= 15 is 0 Å². The lowest BCUT2D eigenvalue weighted by molar-refractivity contribution is 0.324. The van der Waals surface area contributed by atoms with Crippen molar-refractivity contribution in [2.24, 2.45) is 0 Å². The fourth-order valence-electron chi connectivity index (χ4n) is 2.95. The average molecular weight is 404 g/mol. The molecule has 0 aliphatic rings. The molecule has 3 aromatic rings. The molecule has 148 valence electrons. The van der Waals surface area contributed by atoms with Gasteiger partial charge in [0, 0.05) is 18.1 Å². The van der Waals surface area contributed by atoms with Crippen molar-refractivity contribution in [1.82, 2.24) is 4.98 Å². The van der Waals surface area contributed by atoms with Gasteiger partial charge in [-0.05, 0) is 37.3 Å². The number of nitrogens with zero attached hydrogens (tertiary/aromatic N) is 1. The van der Waals surface area contributed by atoms with Crippen molar-refractivity contribution >= 4 is 11.6 Å². The third kappa shape index (κ3) is 3.73. The van der Waals surface area contributed by atoms with E-state index in [-0.39, 0.29) is 0 Å². The molecular formula is C21H22ClNO5. The molecule has 1 aromatic heterocycles. The van der Waals surface area contributed by atoms with Crippen molar-refractivity contribution in [3.63, 3.8) is 0 Å². The Morgan fingerprint density at radius 1 is 0.929 bits per heavy atom. The number of methoxy groups -OCH3 is 3. The number of aromatic nitrogens is 1. The number of benzene rings is 2. The van der Waals surface area contributed by atoms with Gasteiger partial charge < -0.3 is 23.4 Å². The van der Waals surface area contributed by atoms with E-state index in [1.807, 2.05) is 31.2 Å². The van der Waals surface area contributed by atoms with Crippen molar-refractivity contribution in [1.29, 1.82) is 0 Å². The van der Waals surface area contributed by atoms with Crippen LogP contribution in [0.3, 0.4) is 0 Å². The zero-order chi connectivity index (χ0) is 20.3. The van der Waals surface area contributed by atoms with Gasteiger partial charge in [0.1, 0.15) is 11.4 Å². The van der Waals surface area contributed by atoms with Gasteiger partial charge in [-0.2, -0.15) is 0 Å². The molecule has 0 saturated heterocycles. The molecule has 0 N–H and O–H groups in total. The van der Waals surface area contributed by atoms with E-state index in [9.17, 15) is 0 Å². The number of aryl methyl sites for hydroxylation is 1. The van der Waals surface area contributed by atoms with Gasteiger partial charge in [0.25, 0.3) is 0 Å². The molecule has 1 heterocycles. The predicted octanol–water partition coefficient (Wildman–Crippen LogP) is 5.39. The summed E-state index contributed by atoms with van der Waals surface area (Å²) in [6, 6.07) is 9.17. The molecule has 6 nitrogen and oxygen atoms in total. The summed E-state index contributed by atoms with van der Waals surface area (Å²) < 4.78 is 27.7. The lowest BCUT2D eigenvalue weighted by atomic mass is 10.0. The molecule has 0 saturated carbocycles. The smallest absolute Gasteiger partial charge is 0.203 e. The highest BCUT2D eigenvalue weighted by Crippen LogP contribution is 2.43. The number of ether oxygens (including phenoxy) is 4. The quantitative estimate of drug-likeness (QED) is 0.526. The minimum Gasteiger partial charge on any atom is -0.493 e. The first-order valence-electron chi connectivity index (χ1n) is 8.72. The summed E-state index contributed by atoms with van der Waals surface area (Å²) in [6.07, 6.45) is 0. The van der Waals surface area contributed by atoms with Crippen LogP contribution in [-0.4, -0.2) is 32.9 Å². The Kier molecular flexibility index (Phi) is 5.99. The minimum absolute atomic E-state index is 0.504. The molecule has 0 bridgehead atoms. The first-order valence-corrected chi connectivity index (χ1v) is 9.10. The molecule has 3 rings (SSSR count). The normalized spacial score (nSPS) is 10.6. The van der Waals surface area contributed by atoms with E-state index < -0.39 is 0 Å². The maximum absolute atomic E-state index is 6.35. The maximum atomic E-state index is 6.35. The van der Waals surface area contributed by atoms with Crippen LogP contribution in [0.5, 0.6) is 23.0 Å². The van der Waals surface area contributed by atoms with Gasteiger partial charge in [0.2, 0.25) is 5.75 Å². The lowest BCUT2D eigenvalue weighted by Gasteiger charge is -2.14. The summed E-state index contributed by atoms with van der Waals surface area (Å²) in [7, 11) is 4.71. The van der Waals surface area contributed by atoms with Gasteiger partial charge in [-0.1, -0.05) is 11.6 Å². The molecular weight excluding hydrogens is 382 g/mol. The second-order valence-electron chi connectivity index (χ2n) is 5.90. The van der Waals surface area contributed by atoms with Crippen LogP contribution in [0.2, 0.25) is 5.02 Å². The second-order valence-corrected chi connectivity index (χ2v) is 6.31. The Bertz CT molecular complexity index is 958. The fraction of sp³-hybridized carbons (Fsp3) is 0.286. The molecule has 0 aliphatic carbocycles. The lowest BCUT2D eigenvalue weighted by Crippen LogP contribution is -1.96. The van der Waals surface area contributed by atoms with Gasteiger partial charge in [-0.3, -0.25) is 0 Å². The van der Waals surface area contributed by atoms with Crippen molar-refractivity contribution in [3.8, 4) is 45.6 Å². The molecule has 7 heteroatoms. The van der Waals surface area contributed by atoms with Crippen LogP contribution in [0.25, 0.3) is 22.6 Å². The minimum atomic E-state index is 0.504. The van der Waals surface area contributed by atoms with Crippen LogP contribution in [-0.2, 0) is 0 Å². The molecule has 0 unspecified atom stereocenters. The van der Waals surface area contributed by atoms with Gasteiger partial charge in [0.15, 0.2) is 23.1 Å². The van der Waals surface area contributed by atoms with E-state index in [1.165, 1.54) is 0 Å². The summed E-state index contributed by atoms with van der Waals surface area (Å²) in [5, 5.41) is 0.504. The summed E-state index contributed by atoms with van der Waals surface area (Å²) in [6.45, 7) is 4.24. The molecule has 0 spiro atoms. The van der Waals surface area contributed by atoms with E-state index in [2.05, 4.69) is 4.98 Å². The highest BCUT2D eigenvalue weighted by Gasteiger charge is 2.21. The Labute approximate surface area is 169 Å². The third-order valence-corrected chi connectivity index (χ3v) is 4.46. The molecule has 0 aliphatic heterocycles. The number of hydrogen-bond acceptors (Lipinski definition) is 6. The first-order chi connectivity index (χ1) is 13.5. The Hall–Kier alpha value is -2.86. The molecule has 0 amide bonds. The largest absolute Gasteiger partial charge is 0.493 e. The van der Waals surface area contributed by atoms with E-state index in [0.717, 1.165) is 11.1 Å². The van der Waals surface area contributed by atoms with Gasteiger partial charge >= 0.3 is 0 Å². The van der Waals surface area contributed by atoms with E-state index in [4.69, 9.17) is 35.0 Å². The summed E-state index contributed by atoms with van der Waals surface area (Å²) in [4.78, 5) is 4.56. The zero-order valence-electron chi connectivity index (χ0n) is 16.5. The number of halogens is 1. The van der Waals surface area contributed by atoms with Gasteiger partial charge in [-0.25, -0.2) is 4.98 Å². The third-order valence-electron chi connectivity index (χ3n) is 4.17. The Morgan fingerprint density at radius 2 is 1.61 bits per heavy atom. The number of hydrogen-bond donors (Lipinski definition) is 0. The second kappa shape index (κ2) is 8.44. The van der Waals surface area contributed by atoms with Crippen LogP contribution < -0.4 is 18.9 Å². The highest BCUT2D eigenvalue weighted by molar-refractivity contribution is 6.32. The van der Waals surface area contributed by atoms with Crippen molar-refractivity contribution in [2.45, 2.75) is 13.8 Å². The van der Waals surface area contributed by atoms with E-state index in [1.54, 1.807) is 34.3 Å². The van der Waals surface area contributed by atoms with Crippen LogP contribution >= 0.6 is 11.6 Å². The Morgan fingerprint density at radius 3 is 2.14 bits per heavy atom. The van der Waals surface area contributed by atoms with Crippen molar-refractivity contribution in [2.75, 3.05) is 27.9 Å². The van der Waals surface area contributed by atoms with Crippen LogP contribution in [0.4, 0.5) is 0 Å². The zero-order valence-corrected chi connectivity index (χ0v) is 17.2. The SMILES string of the molecule is CCOc1ccc(-c2oc(C)nc2-c2cc(OC)c(OC)c(OC)c2)cc1Cl. The molecule has 0 fully saturated rings. The average Bonchev–Trinajstić information content (AvgIpc) is 3.10. The van der Waals surface area contributed by atoms with Gasteiger partial charge in [0.05, 0.1) is 33.0 Å². The molecule has 28 heavy (non-hydrogen) atoms.